The van der Waals surface area contributed by atoms with E-state index in [4.69, 9.17) is 9.40 Å². The van der Waals surface area contributed by atoms with E-state index in [1.807, 2.05) is 0 Å². The smallest absolute Gasteiger partial charge is 0.227 e. The van der Waals surface area contributed by atoms with Crippen molar-refractivity contribution in [1.82, 2.24) is 4.98 Å². The number of nitrogens with zero attached hydrogens (tertiary/aromatic N) is 1. The van der Waals surface area contributed by atoms with Crippen molar-refractivity contribution in [2.75, 3.05) is 0 Å². The molecule has 2 heteroatoms. The Morgan fingerprint density at radius 3 is 1.15 bits per heavy atom. The van der Waals surface area contributed by atoms with Gasteiger partial charge in [-0.05, 0) is 172 Å². The summed E-state index contributed by atoms with van der Waals surface area (Å²) in [5.74, 6) is 0.635. The van der Waals surface area contributed by atoms with Gasteiger partial charge in [-0.2, -0.15) is 0 Å². The maximum absolute atomic E-state index is 6.72. The molecule has 0 radical (unpaired) electrons. The summed E-state index contributed by atoms with van der Waals surface area (Å²) in [6.45, 7) is 8.73. The molecule has 0 N–H and O–H groups in total. The second-order valence-corrected chi connectivity index (χ2v) is 16.4. The zero-order valence-corrected chi connectivity index (χ0v) is 33.4. The van der Waals surface area contributed by atoms with Gasteiger partial charge in [0.25, 0.3) is 0 Å². The minimum absolute atomic E-state index is 0.635. The van der Waals surface area contributed by atoms with E-state index in [0.717, 1.165) is 27.6 Å². The van der Waals surface area contributed by atoms with Crippen molar-refractivity contribution in [2.45, 2.75) is 27.7 Å². The van der Waals surface area contributed by atoms with Crippen LogP contribution in [0.25, 0.3) is 121 Å². The average Bonchev–Trinajstić information content (AvgIpc) is 3.69. The molecular weight excluding hydrogens is 715 g/mol. The number of aryl methyl sites for hydroxylation is 4. The molecular formula is C57H39NO. The predicted octanol–water partition coefficient (Wildman–Crippen LogP) is 16.1. The average molecular weight is 754 g/mol. The summed E-state index contributed by atoms with van der Waals surface area (Å²) in [5, 5.41) is 14.9. The first-order chi connectivity index (χ1) is 28.9. The van der Waals surface area contributed by atoms with Gasteiger partial charge in [-0.25, -0.2) is 4.98 Å². The Kier molecular flexibility index (Phi) is 7.22. The number of hydrogen-bond acceptors (Lipinski definition) is 2. The van der Waals surface area contributed by atoms with Crippen LogP contribution >= 0.6 is 0 Å². The molecule has 59 heavy (non-hydrogen) atoms. The Morgan fingerprint density at radius 1 is 0.322 bits per heavy atom. The molecule has 0 unspecified atom stereocenters. The van der Waals surface area contributed by atoms with Gasteiger partial charge < -0.3 is 4.42 Å². The van der Waals surface area contributed by atoms with Crippen molar-refractivity contribution in [1.29, 1.82) is 0 Å². The molecule has 0 saturated heterocycles. The quantitative estimate of drug-likeness (QED) is 0.167. The maximum atomic E-state index is 6.72. The van der Waals surface area contributed by atoms with Gasteiger partial charge in [-0.3, -0.25) is 0 Å². The van der Waals surface area contributed by atoms with Crippen LogP contribution < -0.4 is 0 Å². The van der Waals surface area contributed by atoms with Crippen LogP contribution in [0.1, 0.15) is 22.3 Å². The Hall–Kier alpha value is -7.29. The van der Waals surface area contributed by atoms with Crippen LogP contribution in [0.2, 0.25) is 0 Å². The molecule has 0 saturated carbocycles. The van der Waals surface area contributed by atoms with E-state index in [1.54, 1.807) is 0 Å². The van der Waals surface area contributed by atoms with E-state index in [9.17, 15) is 0 Å². The van der Waals surface area contributed by atoms with Crippen molar-refractivity contribution in [3.63, 3.8) is 0 Å². The SMILES string of the molecule is Cc1ccc2nc(-c3cc(-c4ccc(C)c5ccccc45)c4ccc5c(-c6ccc(C)c7ccccc67)cc(-c6ccc(C)c7ccccc67)c6ccc3c4c65)oc2c1. The number of aromatic nitrogens is 1. The van der Waals surface area contributed by atoms with Crippen LogP contribution in [0.3, 0.4) is 0 Å². The molecule has 0 aliphatic carbocycles. The topological polar surface area (TPSA) is 26.0 Å². The molecule has 0 atom stereocenters. The van der Waals surface area contributed by atoms with E-state index >= 15 is 0 Å². The lowest BCUT2D eigenvalue weighted by molar-refractivity contribution is 0.620. The Labute approximate surface area is 342 Å². The van der Waals surface area contributed by atoms with Gasteiger partial charge in [0.2, 0.25) is 5.89 Å². The van der Waals surface area contributed by atoms with Crippen LogP contribution in [0.4, 0.5) is 0 Å². The minimum Gasteiger partial charge on any atom is -0.436 e. The molecule has 12 rings (SSSR count). The van der Waals surface area contributed by atoms with Gasteiger partial charge in [0, 0.05) is 5.56 Å². The highest BCUT2D eigenvalue weighted by molar-refractivity contribution is 6.33. The monoisotopic (exact) mass is 753 g/mol. The first-order valence-corrected chi connectivity index (χ1v) is 20.5. The second-order valence-electron chi connectivity index (χ2n) is 16.4. The number of fused-ring (bicyclic) bond motifs is 4. The third-order valence-electron chi connectivity index (χ3n) is 13.0. The summed E-state index contributed by atoms with van der Waals surface area (Å²) in [4.78, 5) is 5.17. The molecule has 0 spiro atoms. The molecule has 0 bridgehead atoms. The van der Waals surface area contributed by atoms with Crippen LogP contribution in [-0.2, 0) is 0 Å². The second kappa shape index (κ2) is 12.6. The van der Waals surface area contributed by atoms with E-state index in [0.29, 0.717) is 5.89 Å². The lowest BCUT2D eigenvalue weighted by atomic mass is 9.81. The summed E-state index contributed by atoms with van der Waals surface area (Å²) in [6, 6.07) is 60.8. The van der Waals surface area contributed by atoms with E-state index in [1.165, 1.54) is 109 Å². The van der Waals surface area contributed by atoms with Crippen LogP contribution in [0.15, 0.2) is 168 Å². The molecule has 0 aliphatic heterocycles. The fourth-order valence-electron chi connectivity index (χ4n) is 10.0. The Bertz CT molecular complexity index is 3610. The lowest BCUT2D eigenvalue weighted by Gasteiger charge is -2.22. The van der Waals surface area contributed by atoms with Gasteiger partial charge in [-0.15, -0.1) is 0 Å². The summed E-state index contributed by atoms with van der Waals surface area (Å²) in [7, 11) is 0. The van der Waals surface area contributed by atoms with Crippen LogP contribution in [0, 0.1) is 27.7 Å². The van der Waals surface area contributed by atoms with Gasteiger partial charge in [-0.1, -0.05) is 140 Å². The molecule has 2 nitrogen and oxygen atoms in total. The van der Waals surface area contributed by atoms with Gasteiger partial charge in [0.05, 0.1) is 0 Å². The minimum atomic E-state index is 0.635. The van der Waals surface area contributed by atoms with Crippen molar-refractivity contribution in [3.8, 4) is 44.8 Å². The van der Waals surface area contributed by atoms with Gasteiger partial charge in [0.1, 0.15) is 5.52 Å². The predicted molar refractivity (Wildman–Crippen MR) is 251 cm³/mol. The summed E-state index contributed by atoms with van der Waals surface area (Å²) >= 11 is 0. The zero-order valence-electron chi connectivity index (χ0n) is 33.4. The fourth-order valence-corrected chi connectivity index (χ4v) is 10.0. The van der Waals surface area contributed by atoms with E-state index in [-0.39, 0.29) is 0 Å². The number of oxazole rings is 1. The summed E-state index contributed by atoms with van der Waals surface area (Å²) < 4.78 is 6.72. The zero-order chi connectivity index (χ0) is 39.5. The molecule has 0 amide bonds. The highest BCUT2D eigenvalue weighted by atomic mass is 16.3. The number of hydrogen-bond donors (Lipinski definition) is 0. The van der Waals surface area contributed by atoms with Crippen molar-refractivity contribution >= 4 is 75.7 Å². The molecule has 1 heterocycles. The van der Waals surface area contributed by atoms with Crippen LogP contribution in [0.5, 0.6) is 0 Å². The van der Waals surface area contributed by atoms with Crippen LogP contribution in [-0.4, -0.2) is 4.98 Å². The van der Waals surface area contributed by atoms with E-state index in [2.05, 4.69) is 191 Å². The first kappa shape index (κ1) is 33.8. The molecule has 1 aromatic heterocycles. The molecule has 278 valence electrons. The van der Waals surface area contributed by atoms with E-state index < -0.39 is 0 Å². The normalized spacial score (nSPS) is 12.1. The third kappa shape index (κ3) is 4.96. The van der Waals surface area contributed by atoms with Gasteiger partial charge in [0.15, 0.2) is 5.58 Å². The lowest BCUT2D eigenvalue weighted by Crippen LogP contribution is -1.96. The highest BCUT2D eigenvalue weighted by Crippen LogP contribution is 2.51. The van der Waals surface area contributed by atoms with Crippen molar-refractivity contribution < 1.29 is 4.42 Å². The van der Waals surface area contributed by atoms with Crippen molar-refractivity contribution in [3.05, 3.63) is 186 Å². The molecule has 12 aromatic rings. The standard InChI is InChI=1S/C57H39NO/c1-32-17-28-53-54(29-32)59-57(58-53)52-31-51(44-23-20-35(4)38-13-7-10-16-41(38)44)47-25-24-45-49(42-21-18-33(2)36-11-5-8-14-39(36)42)30-50(46-26-27-48(52)56(47)55(45)46)43-22-19-34(3)37-12-6-9-15-40(37)43/h5-31H,1-4H3. The maximum Gasteiger partial charge on any atom is 0.227 e. The Morgan fingerprint density at radius 2 is 0.712 bits per heavy atom. The molecule has 11 aromatic carbocycles. The largest absolute Gasteiger partial charge is 0.436 e. The van der Waals surface area contributed by atoms with Crippen molar-refractivity contribution in [2.24, 2.45) is 0 Å². The molecule has 0 aliphatic rings. The third-order valence-corrected chi connectivity index (χ3v) is 13.0. The first-order valence-electron chi connectivity index (χ1n) is 20.5. The van der Waals surface area contributed by atoms with Gasteiger partial charge >= 0.3 is 0 Å². The fraction of sp³-hybridized carbons (Fsp3) is 0.0702. The number of rotatable bonds is 4. The Balaban J connectivity index is 1.29. The summed E-state index contributed by atoms with van der Waals surface area (Å²) in [5.41, 5.74) is 14.9. The molecule has 0 fully saturated rings. The number of benzene rings is 11. The summed E-state index contributed by atoms with van der Waals surface area (Å²) in [6.07, 6.45) is 0. The highest BCUT2D eigenvalue weighted by Gasteiger charge is 2.24.